The lowest BCUT2D eigenvalue weighted by Gasteiger charge is -2.07. The number of imidazole rings is 1. The monoisotopic (exact) mass is 236 g/mol. The van der Waals surface area contributed by atoms with Gasteiger partial charge in [-0.05, 0) is 31.0 Å². The van der Waals surface area contributed by atoms with Crippen LogP contribution in [0.1, 0.15) is 18.2 Å². The zero-order valence-electron chi connectivity index (χ0n) is 9.25. The Morgan fingerprint density at radius 2 is 2.19 bits per heavy atom. The zero-order valence-corrected chi connectivity index (χ0v) is 10.0. The molecule has 84 valence electrons. The van der Waals surface area contributed by atoms with Crippen LogP contribution in [0.4, 0.5) is 0 Å². The molecule has 0 aliphatic heterocycles. The van der Waals surface area contributed by atoms with Crippen molar-refractivity contribution in [3.05, 3.63) is 51.2 Å². The second-order valence-corrected chi connectivity index (χ2v) is 4.11. The number of hydrogen-bond acceptors (Lipinski definition) is 1. The minimum Gasteiger partial charge on any atom is -0.312 e. The predicted octanol–water partition coefficient (Wildman–Crippen LogP) is 2.69. The van der Waals surface area contributed by atoms with Gasteiger partial charge in [-0.25, -0.2) is 4.79 Å². The molecule has 0 radical (unpaired) electrons. The maximum absolute atomic E-state index is 11.7. The Morgan fingerprint density at radius 1 is 1.44 bits per heavy atom. The highest BCUT2D eigenvalue weighted by molar-refractivity contribution is 6.31. The standard InChI is InChI=1S/C12H13ClN2O/c1-3-9-7-14-12(16)15(9)10-5-4-8(2)11(13)6-10/h4-7H,3H2,1-2H3,(H,14,16). The van der Waals surface area contributed by atoms with E-state index in [1.807, 2.05) is 32.0 Å². The van der Waals surface area contributed by atoms with Crippen molar-refractivity contribution in [2.75, 3.05) is 0 Å². The van der Waals surface area contributed by atoms with E-state index in [2.05, 4.69) is 4.98 Å². The number of nitrogens with zero attached hydrogens (tertiary/aromatic N) is 1. The number of halogens is 1. The largest absolute Gasteiger partial charge is 0.330 e. The van der Waals surface area contributed by atoms with Gasteiger partial charge in [-0.3, -0.25) is 4.57 Å². The van der Waals surface area contributed by atoms with Crippen LogP contribution in [0, 0.1) is 6.92 Å². The Bertz CT molecular complexity index is 569. The van der Waals surface area contributed by atoms with Gasteiger partial charge >= 0.3 is 5.69 Å². The molecule has 2 aromatic rings. The van der Waals surface area contributed by atoms with Crippen LogP contribution in [0.25, 0.3) is 5.69 Å². The van der Waals surface area contributed by atoms with E-state index in [-0.39, 0.29) is 5.69 Å². The minimum atomic E-state index is -0.128. The quantitative estimate of drug-likeness (QED) is 0.856. The van der Waals surface area contributed by atoms with Crippen LogP contribution in [0.15, 0.2) is 29.2 Å². The van der Waals surface area contributed by atoms with Gasteiger partial charge in [-0.1, -0.05) is 24.6 Å². The van der Waals surface area contributed by atoms with Gasteiger partial charge in [-0.2, -0.15) is 0 Å². The van der Waals surface area contributed by atoms with Crippen molar-refractivity contribution >= 4 is 11.6 Å². The van der Waals surface area contributed by atoms with E-state index in [1.54, 1.807) is 10.8 Å². The number of aromatic nitrogens is 2. The molecule has 4 heteroatoms. The summed E-state index contributed by atoms with van der Waals surface area (Å²) in [7, 11) is 0. The predicted molar refractivity (Wildman–Crippen MR) is 65.5 cm³/mol. The van der Waals surface area contributed by atoms with Crippen molar-refractivity contribution in [3.8, 4) is 5.69 Å². The Labute approximate surface area is 98.7 Å². The van der Waals surface area contributed by atoms with Crippen LogP contribution in [0.3, 0.4) is 0 Å². The van der Waals surface area contributed by atoms with E-state index in [9.17, 15) is 4.79 Å². The van der Waals surface area contributed by atoms with Gasteiger partial charge in [-0.15, -0.1) is 0 Å². The van der Waals surface area contributed by atoms with Gasteiger partial charge in [0.05, 0.1) is 5.69 Å². The highest BCUT2D eigenvalue weighted by Gasteiger charge is 2.07. The third kappa shape index (κ3) is 1.78. The molecule has 1 aromatic carbocycles. The van der Waals surface area contributed by atoms with Gasteiger partial charge in [0.25, 0.3) is 0 Å². The summed E-state index contributed by atoms with van der Waals surface area (Å²) in [6.45, 7) is 3.95. The third-order valence-electron chi connectivity index (χ3n) is 2.63. The lowest BCUT2D eigenvalue weighted by molar-refractivity contribution is 0.899. The Hall–Kier alpha value is -1.48. The fourth-order valence-electron chi connectivity index (χ4n) is 1.67. The number of nitrogens with one attached hydrogen (secondary N) is 1. The summed E-state index contributed by atoms with van der Waals surface area (Å²) in [4.78, 5) is 14.3. The summed E-state index contributed by atoms with van der Waals surface area (Å²) < 4.78 is 1.64. The summed E-state index contributed by atoms with van der Waals surface area (Å²) in [5, 5.41) is 0.674. The minimum absolute atomic E-state index is 0.128. The van der Waals surface area contributed by atoms with E-state index in [0.717, 1.165) is 23.4 Å². The Kier molecular flexibility index (Phi) is 2.88. The van der Waals surface area contributed by atoms with Gasteiger partial charge in [0.2, 0.25) is 0 Å². The lowest BCUT2D eigenvalue weighted by atomic mass is 10.2. The SMILES string of the molecule is CCc1c[nH]c(=O)n1-c1ccc(C)c(Cl)c1. The van der Waals surface area contributed by atoms with Gasteiger partial charge in [0.1, 0.15) is 0 Å². The molecular formula is C12H13ClN2O. The topological polar surface area (TPSA) is 37.8 Å². The first-order valence-corrected chi connectivity index (χ1v) is 5.57. The van der Waals surface area contributed by atoms with Gasteiger partial charge in [0.15, 0.2) is 0 Å². The lowest BCUT2D eigenvalue weighted by Crippen LogP contribution is -2.16. The first-order chi connectivity index (χ1) is 7.63. The molecule has 1 N–H and O–H groups in total. The van der Waals surface area contributed by atoms with Crippen molar-refractivity contribution in [1.82, 2.24) is 9.55 Å². The first-order valence-electron chi connectivity index (χ1n) is 5.19. The highest BCUT2D eigenvalue weighted by Crippen LogP contribution is 2.19. The second kappa shape index (κ2) is 4.18. The maximum Gasteiger partial charge on any atom is 0.330 e. The number of H-pyrrole nitrogens is 1. The molecule has 1 aromatic heterocycles. The summed E-state index contributed by atoms with van der Waals surface area (Å²) in [5.41, 5.74) is 2.63. The molecule has 0 saturated carbocycles. The molecule has 0 bridgehead atoms. The van der Waals surface area contributed by atoms with E-state index < -0.39 is 0 Å². The average molecular weight is 237 g/mol. The maximum atomic E-state index is 11.7. The van der Waals surface area contributed by atoms with E-state index >= 15 is 0 Å². The highest BCUT2D eigenvalue weighted by atomic mass is 35.5. The van der Waals surface area contributed by atoms with Crippen LogP contribution in [-0.4, -0.2) is 9.55 Å². The van der Waals surface area contributed by atoms with Crippen LogP contribution in [-0.2, 0) is 6.42 Å². The fourth-order valence-corrected chi connectivity index (χ4v) is 1.84. The van der Waals surface area contributed by atoms with E-state index in [0.29, 0.717) is 5.02 Å². The fraction of sp³-hybridized carbons (Fsp3) is 0.250. The van der Waals surface area contributed by atoms with Gasteiger partial charge in [0, 0.05) is 16.9 Å². The summed E-state index contributed by atoms with van der Waals surface area (Å²) in [6, 6.07) is 5.62. The number of hydrogen-bond donors (Lipinski definition) is 1. The molecule has 0 unspecified atom stereocenters. The molecular weight excluding hydrogens is 224 g/mol. The van der Waals surface area contributed by atoms with Crippen molar-refractivity contribution in [3.63, 3.8) is 0 Å². The number of aromatic amines is 1. The Morgan fingerprint density at radius 3 is 2.81 bits per heavy atom. The summed E-state index contributed by atoms with van der Waals surface area (Å²) >= 11 is 6.05. The molecule has 0 amide bonds. The third-order valence-corrected chi connectivity index (χ3v) is 3.04. The zero-order chi connectivity index (χ0) is 11.7. The number of aryl methyl sites for hydroxylation is 2. The molecule has 0 atom stereocenters. The second-order valence-electron chi connectivity index (χ2n) is 3.71. The molecule has 16 heavy (non-hydrogen) atoms. The van der Waals surface area contributed by atoms with E-state index in [4.69, 9.17) is 11.6 Å². The molecule has 2 rings (SSSR count). The molecule has 0 fully saturated rings. The average Bonchev–Trinajstić information content (AvgIpc) is 2.64. The molecule has 0 saturated heterocycles. The molecule has 3 nitrogen and oxygen atoms in total. The number of rotatable bonds is 2. The smallest absolute Gasteiger partial charge is 0.312 e. The van der Waals surface area contributed by atoms with Gasteiger partial charge < -0.3 is 4.98 Å². The number of benzene rings is 1. The molecule has 1 heterocycles. The molecule has 0 aliphatic rings. The van der Waals surface area contributed by atoms with Crippen LogP contribution < -0.4 is 5.69 Å². The van der Waals surface area contributed by atoms with Crippen LogP contribution in [0.2, 0.25) is 5.02 Å². The first kappa shape index (κ1) is 11.0. The molecule has 0 aliphatic carbocycles. The Balaban J connectivity index is 2.62. The van der Waals surface area contributed by atoms with Crippen molar-refractivity contribution < 1.29 is 0 Å². The summed E-state index contributed by atoms with van der Waals surface area (Å²) in [6.07, 6.45) is 2.53. The van der Waals surface area contributed by atoms with E-state index in [1.165, 1.54) is 0 Å². The van der Waals surface area contributed by atoms with Crippen molar-refractivity contribution in [2.24, 2.45) is 0 Å². The van der Waals surface area contributed by atoms with Crippen molar-refractivity contribution in [1.29, 1.82) is 0 Å². The molecule has 0 spiro atoms. The van der Waals surface area contributed by atoms with Crippen molar-refractivity contribution in [2.45, 2.75) is 20.3 Å². The summed E-state index contributed by atoms with van der Waals surface area (Å²) in [5.74, 6) is 0. The normalized spacial score (nSPS) is 10.7. The van der Waals surface area contributed by atoms with Crippen LogP contribution in [0.5, 0.6) is 0 Å². The van der Waals surface area contributed by atoms with Crippen LogP contribution >= 0.6 is 11.6 Å².